The van der Waals surface area contributed by atoms with Gasteiger partial charge < -0.3 is 20.1 Å². The number of nitrogens with one attached hydrogen (secondary N) is 2. The molecule has 1 aromatic carbocycles. The third-order valence-electron chi connectivity index (χ3n) is 4.93. The second-order valence-corrected chi connectivity index (χ2v) is 7.37. The van der Waals surface area contributed by atoms with E-state index in [9.17, 15) is 0 Å². The first-order chi connectivity index (χ1) is 13.1. The highest BCUT2D eigenvalue weighted by atomic mass is 127. The van der Waals surface area contributed by atoms with E-state index >= 15 is 0 Å². The van der Waals surface area contributed by atoms with Crippen LogP contribution in [-0.4, -0.2) is 36.8 Å². The predicted molar refractivity (Wildman–Crippen MR) is 126 cm³/mol. The minimum absolute atomic E-state index is 0. The monoisotopic (exact) mass is 497 g/mol. The first-order valence-corrected chi connectivity index (χ1v) is 9.90. The topological polar surface area (TPSA) is 65.7 Å². The molecule has 7 heteroatoms. The number of hydrogen-bond donors (Lipinski definition) is 2. The normalized spacial score (nSPS) is 14.6. The second-order valence-electron chi connectivity index (χ2n) is 7.37. The number of guanidine groups is 1. The highest BCUT2D eigenvalue weighted by Crippen LogP contribution is 2.28. The molecule has 0 fully saturated rings. The van der Waals surface area contributed by atoms with Crippen LogP contribution < -0.4 is 15.5 Å². The Balaban J connectivity index is 0.00000280. The van der Waals surface area contributed by atoms with Crippen LogP contribution >= 0.6 is 24.0 Å². The lowest BCUT2D eigenvalue weighted by Gasteiger charge is -2.28. The molecule has 0 aliphatic carbocycles. The molecule has 1 aliphatic rings. The second kappa shape index (κ2) is 10.7. The lowest BCUT2D eigenvalue weighted by atomic mass is 10.1. The SMILES string of the molecule is CCNC(=NCc1cc(C(C)C)no1)NCC(C)N1CCc2ccccc21.I. The van der Waals surface area contributed by atoms with E-state index in [0.29, 0.717) is 18.5 Å². The summed E-state index contributed by atoms with van der Waals surface area (Å²) in [5, 5.41) is 10.9. The summed E-state index contributed by atoms with van der Waals surface area (Å²) in [5.41, 5.74) is 3.77. The van der Waals surface area contributed by atoms with Gasteiger partial charge in [0.2, 0.25) is 0 Å². The average Bonchev–Trinajstić information content (AvgIpc) is 3.30. The van der Waals surface area contributed by atoms with E-state index < -0.39 is 0 Å². The predicted octanol–water partition coefficient (Wildman–Crippen LogP) is 3.92. The number of halogens is 1. The number of hydrogen-bond acceptors (Lipinski definition) is 4. The van der Waals surface area contributed by atoms with Gasteiger partial charge >= 0.3 is 0 Å². The van der Waals surface area contributed by atoms with Gasteiger partial charge in [-0.3, -0.25) is 0 Å². The van der Waals surface area contributed by atoms with Gasteiger partial charge in [-0.2, -0.15) is 0 Å². The number of aromatic nitrogens is 1. The number of nitrogens with zero attached hydrogens (tertiary/aromatic N) is 3. The van der Waals surface area contributed by atoms with Crippen molar-refractivity contribution in [3.63, 3.8) is 0 Å². The Hall–Kier alpha value is -1.77. The van der Waals surface area contributed by atoms with E-state index in [-0.39, 0.29) is 24.0 Å². The lowest BCUT2D eigenvalue weighted by Crippen LogP contribution is -2.45. The quantitative estimate of drug-likeness (QED) is 0.345. The Morgan fingerprint density at radius 1 is 1.25 bits per heavy atom. The van der Waals surface area contributed by atoms with Gasteiger partial charge in [-0.15, -0.1) is 24.0 Å². The zero-order chi connectivity index (χ0) is 19.2. The van der Waals surface area contributed by atoms with Gasteiger partial charge in [0.1, 0.15) is 6.54 Å². The van der Waals surface area contributed by atoms with Gasteiger partial charge in [0.15, 0.2) is 11.7 Å². The fourth-order valence-electron chi connectivity index (χ4n) is 3.35. The van der Waals surface area contributed by atoms with Gasteiger partial charge in [0.25, 0.3) is 0 Å². The van der Waals surface area contributed by atoms with E-state index in [2.05, 4.69) is 77.6 Å². The van der Waals surface area contributed by atoms with E-state index in [4.69, 9.17) is 4.52 Å². The summed E-state index contributed by atoms with van der Waals surface area (Å²) in [6.07, 6.45) is 1.12. The molecule has 2 heterocycles. The van der Waals surface area contributed by atoms with E-state index in [1.807, 2.05) is 6.07 Å². The third-order valence-corrected chi connectivity index (χ3v) is 4.93. The van der Waals surface area contributed by atoms with Crippen molar-refractivity contribution in [2.45, 2.75) is 52.6 Å². The van der Waals surface area contributed by atoms with Gasteiger partial charge in [-0.1, -0.05) is 37.2 Å². The maximum absolute atomic E-state index is 5.38. The summed E-state index contributed by atoms with van der Waals surface area (Å²) in [5.74, 6) is 1.96. The van der Waals surface area contributed by atoms with Gasteiger partial charge in [0, 0.05) is 37.4 Å². The van der Waals surface area contributed by atoms with Crippen molar-refractivity contribution in [2.75, 3.05) is 24.5 Å². The first kappa shape index (κ1) is 22.5. The van der Waals surface area contributed by atoms with E-state index in [1.54, 1.807) is 0 Å². The molecule has 3 rings (SSSR count). The number of para-hydroxylation sites is 1. The summed E-state index contributed by atoms with van der Waals surface area (Å²) in [6.45, 7) is 11.7. The molecule has 154 valence electrons. The summed E-state index contributed by atoms with van der Waals surface area (Å²) < 4.78 is 5.38. The molecule has 0 spiro atoms. The minimum Gasteiger partial charge on any atom is -0.366 e. The van der Waals surface area contributed by atoms with Crippen LogP contribution in [0.15, 0.2) is 39.8 Å². The van der Waals surface area contributed by atoms with Crippen molar-refractivity contribution in [3.05, 3.63) is 47.3 Å². The van der Waals surface area contributed by atoms with Crippen LogP contribution in [0.1, 0.15) is 50.6 Å². The summed E-state index contributed by atoms with van der Waals surface area (Å²) in [7, 11) is 0. The molecule has 0 saturated carbocycles. The van der Waals surface area contributed by atoms with Crippen molar-refractivity contribution in [3.8, 4) is 0 Å². The molecule has 2 N–H and O–H groups in total. The van der Waals surface area contributed by atoms with Crippen molar-refractivity contribution < 1.29 is 4.52 Å². The highest BCUT2D eigenvalue weighted by molar-refractivity contribution is 14.0. The summed E-state index contributed by atoms with van der Waals surface area (Å²) >= 11 is 0. The zero-order valence-corrected chi connectivity index (χ0v) is 19.6. The maximum Gasteiger partial charge on any atom is 0.191 e. The van der Waals surface area contributed by atoms with Gasteiger partial charge in [-0.05, 0) is 37.8 Å². The van der Waals surface area contributed by atoms with Crippen LogP contribution in [-0.2, 0) is 13.0 Å². The summed E-state index contributed by atoms with van der Waals surface area (Å²) in [4.78, 5) is 7.11. The fraction of sp³-hybridized carbons (Fsp3) is 0.524. The number of fused-ring (bicyclic) bond motifs is 1. The molecule has 2 aromatic rings. The van der Waals surface area contributed by atoms with Crippen molar-refractivity contribution in [2.24, 2.45) is 4.99 Å². The molecule has 0 radical (unpaired) electrons. The average molecular weight is 497 g/mol. The molecule has 0 saturated heterocycles. The fourth-order valence-corrected chi connectivity index (χ4v) is 3.35. The maximum atomic E-state index is 5.38. The van der Waals surface area contributed by atoms with Crippen LogP contribution in [0, 0.1) is 0 Å². The lowest BCUT2D eigenvalue weighted by molar-refractivity contribution is 0.376. The standard InChI is InChI=1S/C21H31N5O.HI/c1-5-22-21(24-14-18-12-19(15(2)3)25-27-18)23-13-16(4)26-11-10-17-8-6-7-9-20(17)26;/h6-9,12,15-16H,5,10-11,13-14H2,1-4H3,(H2,22,23,24);1H. The number of benzene rings is 1. The van der Waals surface area contributed by atoms with Crippen LogP contribution in [0.2, 0.25) is 0 Å². The van der Waals surface area contributed by atoms with Crippen LogP contribution in [0.4, 0.5) is 5.69 Å². The van der Waals surface area contributed by atoms with E-state index in [0.717, 1.165) is 43.5 Å². The van der Waals surface area contributed by atoms with Crippen LogP contribution in [0.5, 0.6) is 0 Å². The van der Waals surface area contributed by atoms with Crippen LogP contribution in [0.25, 0.3) is 0 Å². The molecule has 28 heavy (non-hydrogen) atoms. The first-order valence-electron chi connectivity index (χ1n) is 9.90. The Morgan fingerprint density at radius 3 is 2.75 bits per heavy atom. The van der Waals surface area contributed by atoms with E-state index in [1.165, 1.54) is 11.3 Å². The van der Waals surface area contributed by atoms with Gasteiger partial charge in [-0.25, -0.2) is 4.99 Å². The molecule has 1 aromatic heterocycles. The molecule has 1 atom stereocenters. The molecule has 1 aliphatic heterocycles. The largest absolute Gasteiger partial charge is 0.366 e. The molecule has 0 amide bonds. The minimum atomic E-state index is 0. The van der Waals surface area contributed by atoms with Crippen molar-refractivity contribution >= 4 is 35.6 Å². The molecule has 1 unspecified atom stereocenters. The number of aliphatic imine (C=N–C) groups is 1. The third kappa shape index (κ3) is 5.62. The molecule has 0 bridgehead atoms. The van der Waals surface area contributed by atoms with Crippen molar-refractivity contribution in [1.82, 2.24) is 15.8 Å². The molecule has 6 nitrogen and oxygen atoms in total. The molecular formula is C21H32IN5O. The highest BCUT2D eigenvalue weighted by Gasteiger charge is 2.22. The Morgan fingerprint density at radius 2 is 2.04 bits per heavy atom. The summed E-state index contributed by atoms with van der Waals surface area (Å²) in [6, 6.07) is 11.1. The Labute approximate surface area is 185 Å². The zero-order valence-electron chi connectivity index (χ0n) is 17.2. The Bertz CT molecular complexity index is 774. The Kier molecular flexibility index (Phi) is 8.59. The smallest absolute Gasteiger partial charge is 0.191 e. The molecular weight excluding hydrogens is 465 g/mol. The van der Waals surface area contributed by atoms with Crippen molar-refractivity contribution in [1.29, 1.82) is 0 Å². The van der Waals surface area contributed by atoms with Gasteiger partial charge in [0.05, 0.1) is 5.69 Å². The number of rotatable bonds is 7. The number of anilines is 1. The van der Waals surface area contributed by atoms with Crippen LogP contribution in [0.3, 0.4) is 0 Å².